The molecule has 2 aromatic rings. The number of nitrogens with one attached hydrogen (secondary N) is 2. The van der Waals surface area contributed by atoms with Gasteiger partial charge < -0.3 is 10.6 Å². The van der Waals surface area contributed by atoms with E-state index in [4.69, 9.17) is 0 Å². The van der Waals surface area contributed by atoms with Crippen LogP contribution in [0.25, 0.3) is 0 Å². The van der Waals surface area contributed by atoms with Crippen LogP contribution in [0.1, 0.15) is 58.5 Å². The van der Waals surface area contributed by atoms with Crippen molar-refractivity contribution >= 4 is 23.3 Å². The molecule has 128 valence electrons. The van der Waals surface area contributed by atoms with Crippen LogP contribution in [0.3, 0.4) is 0 Å². The van der Waals surface area contributed by atoms with Crippen molar-refractivity contribution < 1.29 is 9.59 Å². The van der Waals surface area contributed by atoms with Gasteiger partial charge in [0, 0.05) is 18.2 Å². The predicted molar refractivity (Wildman–Crippen MR) is 94.1 cm³/mol. The van der Waals surface area contributed by atoms with E-state index in [1.165, 1.54) is 0 Å². The van der Waals surface area contributed by atoms with Gasteiger partial charge in [0.05, 0.1) is 5.69 Å². The maximum Gasteiger partial charge on any atom is 0.265 e. The minimum absolute atomic E-state index is 0.0803. The summed E-state index contributed by atoms with van der Waals surface area (Å²) in [6.07, 6.45) is 1.57. The molecule has 24 heavy (non-hydrogen) atoms. The summed E-state index contributed by atoms with van der Waals surface area (Å²) in [6, 6.07) is 7.38. The van der Waals surface area contributed by atoms with Gasteiger partial charge in [0.2, 0.25) is 0 Å². The first-order chi connectivity index (χ1) is 11.5. The molecule has 0 spiro atoms. The van der Waals surface area contributed by atoms with Crippen LogP contribution in [-0.4, -0.2) is 27.4 Å². The molecule has 2 rings (SSSR count). The van der Waals surface area contributed by atoms with E-state index in [-0.39, 0.29) is 17.9 Å². The van der Waals surface area contributed by atoms with Crippen LogP contribution in [0.2, 0.25) is 0 Å². The second-order valence-corrected chi connectivity index (χ2v) is 6.32. The molecule has 0 radical (unpaired) electrons. The maximum absolute atomic E-state index is 12.1. The van der Waals surface area contributed by atoms with Gasteiger partial charge in [-0.15, -0.1) is 5.10 Å². The quantitative estimate of drug-likeness (QED) is 0.807. The number of nitrogens with zero attached hydrogens (tertiary/aromatic N) is 2. The van der Waals surface area contributed by atoms with Crippen LogP contribution in [-0.2, 0) is 13.0 Å². The fourth-order valence-corrected chi connectivity index (χ4v) is 2.72. The minimum atomic E-state index is -0.166. The lowest BCUT2D eigenvalue weighted by atomic mass is 10.1. The number of benzene rings is 1. The van der Waals surface area contributed by atoms with E-state index in [0.29, 0.717) is 23.4 Å². The molecule has 0 saturated heterocycles. The summed E-state index contributed by atoms with van der Waals surface area (Å²) in [5.41, 5.74) is 2.26. The number of carbonyl (C=O) groups is 2. The lowest BCUT2D eigenvalue weighted by Crippen LogP contribution is -2.31. The van der Waals surface area contributed by atoms with E-state index in [2.05, 4.69) is 20.2 Å². The Balaban J connectivity index is 1.92. The Morgan fingerprint density at radius 1 is 1.17 bits per heavy atom. The highest BCUT2D eigenvalue weighted by atomic mass is 32.1. The average molecular weight is 346 g/mol. The lowest BCUT2D eigenvalue weighted by molar-refractivity contribution is 0.0934. The van der Waals surface area contributed by atoms with Gasteiger partial charge in [0.15, 0.2) is 0 Å². The average Bonchev–Trinajstić information content (AvgIpc) is 3.08. The fourth-order valence-electron chi connectivity index (χ4n) is 2.06. The molecule has 2 N–H and O–H groups in total. The molecule has 1 atom stereocenters. The van der Waals surface area contributed by atoms with Crippen molar-refractivity contribution in [1.82, 2.24) is 20.2 Å². The van der Waals surface area contributed by atoms with Gasteiger partial charge in [-0.2, -0.15) is 0 Å². The smallest absolute Gasteiger partial charge is 0.265 e. The van der Waals surface area contributed by atoms with E-state index >= 15 is 0 Å². The molecular formula is C17H22N4O2S. The number of aromatic nitrogens is 2. The predicted octanol–water partition coefficient (Wildman–Crippen LogP) is 2.56. The summed E-state index contributed by atoms with van der Waals surface area (Å²) in [5.74, 6) is -0.247. The standard InChI is InChI=1S/C17H22N4O2S/c1-4-11(3)19-16(22)13-8-6-12(7-9-13)10-18-17(23)15-14(5-2)20-21-24-15/h6-9,11H,4-5,10H2,1-3H3,(H,18,23)(H,19,22)/t11-/m1/s1. The highest BCUT2D eigenvalue weighted by molar-refractivity contribution is 7.08. The Bertz CT molecular complexity index is 697. The first-order valence-corrected chi connectivity index (χ1v) is 8.81. The third-order valence-corrected chi connectivity index (χ3v) is 4.52. The molecular weight excluding hydrogens is 324 g/mol. The molecule has 0 aliphatic carbocycles. The zero-order chi connectivity index (χ0) is 17.5. The van der Waals surface area contributed by atoms with Crippen molar-refractivity contribution in [1.29, 1.82) is 0 Å². The Morgan fingerprint density at radius 3 is 2.50 bits per heavy atom. The molecule has 1 aromatic carbocycles. The summed E-state index contributed by atoms with van der Waals surface area (Å²) in [4.78, 5) is 24.7. The minimum Gasteiger partial charge on any atom is -0.350 e. The molecule has 2 amide bonds. The summed E-state index contributed by atoms with van der Waals surface area (Å²) in [5, 5.41) is 9.72. The van der Waals surface area contributed by atoms with Crippen LogP contribution in [0, 0.1) is 0 Å². The lowest BCUT2D eigenvalue weighted by Gasteiger charge is -2.11. The highest BCUT2D eigenvalue weighted by Crippen LogP contribution is 2.11. The number of hydrogen-bond donors (Lipinski definition) is 2. The van der Waals surface area contributed by atoms with E-state index in [1.807, 2.05) is 32.9 Å². The monoisotopic (exact) mass is 346 g/mol. The van der Waals surface area contributed by atoms with Crippen LogP contribution >= 0.6 is 11.5 Å². The maximum atomic E-state index is 12.1. The molecule has 7 heteroatoms. The van der Waals surface area contributed by atoms with E-state index < -0.39 is 0 Å². The zero-order valence-corrected chi connectivity index (χ0v) is 14.9. The molecule has 0 fully saturated rings. The zero-order valence-electron chi connectivity index (χ0n) is 14.1. The van der Waals surface area contributed by atoms with E-state index in [0.717, 1.165) is 29.2 Å². The Morgan fingerprint density at radius 2 is 1.88 bits per heavy atom. The fraction of sp³-hybridized carbons (Fsp3) is 0.412. The summed E-state index contributed by atoms with van der Waals surface area (Å²) in [7, 11) is 0. The normalized spacial score (nSPS) is 11.8. The Labute approximate surface area is 145 Å². The van der Waals surface area contributed by atoms with Gasteiger partial charge in [-0.05, 0) is 49.0 Å². The van der Waals surface area contributed by atoms with Crippen LogP contribution in [0.15, 0.2) is 24.3 Å². The molecule has 1 heterocycles. The van der Waals surface area contributed by atoms with Gasteiger partial charge in [0.1, 0.15) is 4.88 Å². The third-order valence-electron chi connectivity index (χ3n) is 3.76. The number of hydrogen-bond acceptors (Lipinski definition) is 5. The van der Waals surface area contributed by atoms with Crippen molar-refractivity contribution in [3.05, 3.63) is 46.0 Å². The van der Waals surface area contributed by atoms with E-state index in [9.17, 15) is 9.59 Å². The molecule has 0 unspecified atom stereocenters. The number of rotatable bonds is 7. The van der Waals surface area contributed by atoms with Gasteiger partial charge in [-0.25, -0.2) is 0 Å². The third kappa shape index (κ3) is 4.61. The SMILES string of the molecule is CCc1nnsc1C(=O)NCc1ccc(C(=O)N[C@H](C)CC)cc1. The van der Waals surface area contributed by atoms with Crippen molar-refractivity contribution in [2.45, 2.75) is 46.2 Å². The van der Waals surface area contributed by atoms with Gasteiger partial charge in [-0.1, -0.05) is 30.5 Å². The topological polar surface area (TPSA) is 84.0 Å². The van der Waals surface area contributed by atoms with Crippen LogP contribution in [0.5, 0.6) is 0 Å². The molecule has 0 saturated carbocycles. The Hall–Kier alpha value is -2.28. The molecule has 1 aromatic heterocycles. The molecule has 0 aliphatic heterocycles. The van der Waals surface area contributed by atoms with Gasteiger partial charge in [0.25, 0.3) is 11.8 Å². The summed E-state index contributed by atoms with van der Waals surface area (Å²) >= 11 is 1.11. The molecule has 6 nitrogen and oxygen atoms in total. The largest absolute Gasteiger partial charge is 0.350 e. The van der Waals surface area contributed by atoms with Crippen molar-refractivity contribution in [2.24, 2.45) is 0 Å². The van der Waals surface area contributed by atoms with Gasteiger partial charge >= 0.3 is 0 Å². The molecule has 0 aliphatic rings. The highest BCUT2D eigenvalue weighted by Gasteiger charge is 2.14. The number of carbonyl (C=O) groups excluding carboxylic acids is 2. The van der Waals surface area contributed by atoms with Crippen LogP contribution < -0.4 is 10.6 Å². The van der Waals surface area contributed by atoms with Crippen molar-refractivity contribution in [3.8, 4) is 0 Å². The summed E-state index contributed by atoms with van der Waals surface area (Å²) in [6.45, 7) is 6.34. The van der Waals surface area contributed by atoms with E-state index in [1.54, 1.807) is 12.1 Å². The first-order valence-electron chi connectivity index (χ1n) is 8.04. The van der Waals surface area contributed by atoms with Gasteiger partial charge in [-0.3, -0.25) is 9.59 Å². The summed E-state index contributed by atoms with van der Waals surface area (Å²) < 4.78 is 3.82. The second kappa shape index (κ2) is 8.54. The first kappa shape index (κ1) is 18.1. The number of aryl methyl sites for hydroxylation is 1. The Kier molecular flexibility index (Phi) is 6.43. The molecule has 0 bridgehead atoms. The van der Waals surface area contributed by atoms with Crippen LogP contribution in [0.4, 0.5) is 0 Å². The van der Waals surface area contributed by atoms with Crippen molar-refractivity contribution in [3.63, 3.8) is 0 Å². The number of amides is 2. The second-order valence-electron chi connectivity index (χ2n) is 5.56. The van der Waals surface area contributed by atoms with Crippen molar-refractivity contribution in [2.75, 3.05) is 0 Å².